The van der Waals surface area contributed by atoms with Gasteiger partial charge < -0.3 is 10.2 Å². The Hall–Kier alpha value is -3.48. The fraction of sp³-hybridized carbons (Fsp3) is 0.231. The van der Waals surface area contributed by atoms with E-state index in [9.17, 15) is 9.59 Å². The molecule has 2 N–H and O–H groups in total. The quantitative estimate of drug-likeness (QED) is 0.196. The van der Waals surface area contributed by atoms with Gasteiger partial charge in [0, 0.05) is 21.5 Å². The highest BCUT2D eigenvalue weighted by Crippen LogP contribution is 2.20. The number of hydrogen-bond acceptors (Lipinski definition) is 5. The third-order valence-corrected chi connectivity index (χ3v) is 3.00. The first-order valence-corrected chi connectivity index (χ1v) is 6.23. The second-order valence-corrected chi connectivity index (χ2v) is 4.40. The zero-order valence-corrected chi connectivity index (χ0v) is 12.0. The van der Waals surface area contributed by atoms with E-state index in [2.05, 4.69) is 20.1 Å². The molecule has 0 atom stereocenters. The second kappa shape index (κ2) is 8.08. The van der Waals surface area contributed by atoms with Crippen molar-refractivity contribution < 1.29 is 19.8 Å². The largest absolute Gasteiger partial charge is 0.502 e. The van der Waals surface area contributed by atoms with Crippen molar-refractivity contribution in [2.24, 2.45) is 10.2 Å². The fourth-order valence-electron chi connectivity index (χ4n) is 1.80. The molecule has 0 radical (unpaired) electrons. The Morgan fingerprint density at radius 3 is 2.00 bits per heavy atom. The minimum atomic E-state index is -1.63. The van der Waals surface area contributed by atoms with Crippen molar-refractivity contribution in [3.63, 3.8) is 0 Å². The first kappa shape index (κ1) is 17.6. The number of allylic oxidation sites excluding steroid dienone is 1. The number of carboxylic acids is 1. The molecule has 1 rings (SSSR count). The second-order valence-electron chi connectivity index (χ2n) is 4.40. The summed E-state index contributed by atoms with van der Waals surface area (Å²) in [5.74, 6) is -3.47. The van der Waals surface area contributed by atoms with E-state index < -0.39 is 17.5 Å². The lowest BCUT2D eigenvalue weighted by molar-refractivity contribution is -0.135. The van der Waals surface area contributed by atoms with E-state index in [-0.39, 0.29) is 18.7 Å². The Balaban J connectivity index is 3.38. The van der Waals surface area contributed by atoms with Crippen molar-refractivity contribution in [2.45, 2.75) is 20.0 Å². The summed E-state index contributed by atoms with van der Waals surface area (Å²) in [5, 5.41) is 24.6. The van der Waals surface area contributed by atoms with Gasteiger partial charge in [-0.1, -0.05) is 10.2 Å². The van der Waals surface area contributed by atoms with Crippen molar-refractivity contribution in [3.8, 4) is 0 Å². The molecule has 1 aromatic rings. The standard InChI is InChI=1S/C13H12N6O4/c1-7-9(5-16-18-14)2-8(3-10(7)6-17-19-15)11(20)4-12(21)13(22)23/h2-4,21H,5-6H2,1H3,(H,22,23)/b12-4-. The van der Waals surface area contributed by atoms with Crippen molar-refractivity contribution in [1.29, 1.82) is 0 Å². The SMILES string of the molecule is Cc1c(CN=[N+]=[N-])cc(C(=O)/C=C(\O)C(=O)O)cc1CN=[N+]=[N-]. The van der Waals surface area contributed by atoms with Crippen LogP contribution in [0, 0.1) is 6.92 Å². The maximum atomic E-state index is 12.0. The van der Waals surface area contributed by atoms with Gasteiger partial charge in [0.1, 0.15) is 0 Å². The lowest BCUT2D eigenvalue weighted by Crippen LogP contribution is -2.06. The number of ketones is 1. The molecule has 0 fully saturated rings. The van der Waals surface area contributed by atoms with Crippen LogP contribution in [0.4, 0.5) is 0 Å². The summed E-state index contributed by atoms with van der Waals surface area (Å²) < 4.78 is 0. The summed E-state index contributed by atoms with van der Waals surface area (Å²) in [6, 6.07) is 2.86. The van der Waals surface area contributed by atoms with Gasteiger partial charge in [-0.3, -0.25) is 4.79 Å². The van der Waals surface area contributed by atoms with E-state index in [1.807, 2.05) is 0 Å². The van der Waals surface area contributed by atoms with Gasteiger partial charge in [-0.25, -0.2) is 4.79 Å². The molecule has 0 aromatic heterocycles. The number of hydrogen-bond donors (Lipinski definition) is 2. The maximum absolute atomic E-state index is 12.0. The molecule has 0 aliphatic rings. The summed E-state index contributed by atoms with van der Waals surface area (Å²) in [4.78, 5) is 27.8. The summed E-state index contributed by atoms with van der Waals surface area (Å²) in [7, 11) is 0. The van der Waals surface area contributed by atoms with Crippen molar-refractivity contribution in [1.82, 2.24) is 0 Å². The number of aliphatic hydroxyl groups excluding tert-OH is 1. The molecular weight excluding hydrogens is 304 g/mol. The van der Waals surface area contributed by atoms with Crippen LogP contribution < -0.4 is 0 Å². The molecule has 10 nitrogen and oxygen atoms in total. The molecule has 0 saturated heterocycles. The van der Waals surface area contributed by atoms with Gasteiger partial charge in [-0.15, -0.1) is 0 Å². The van der Waals surface area contributed by atoms with Crippen LogP contribution in [0.2, 0.25) is 0 Å². The average molecular weight is 316 g/mol. The van der Waals surface area contributed by atoms with Crippen LogP contribution in [0.1, 0.15) is 27.0 Å². The van der Waals surface area contributed by atoms with Crippen LogP contribution in [0.3, 0.4) is 0 Å². The van der Waals surface area contributed by atoms with Gasteiger partial charge in [0.2, 0.25) is 5.76 Å². The topological polar surface area (TPSA) is 172 Å². The van der Waals surface area contributed by atoms with Gasteiger partial charge >= 0.3 is 5.97 Å². The number of nitrogens with zero attached hydrogens (tertiary/aromatic N) is 6. The number of benzene rings is 1. The van der Waals surface area contributed by atoms with Crippen LogP contribution in [0.15, 0.2) is 34.2 Å². The van der Waals surface area contributed by atoms with Gasteiger partial charge in [-0.2, -0.15) is 0 Å². The predicted molar refractivity (Wildman–Crippen MR) is 79.6 cm³/mol. The van der Waals surface area contributed by atoms with E-state index in [1.54, 1.807) is 6.92 Å². The lowest BCUT2D eigenvalue weighted by Gasteiger charge is -2.11. The molecule has 0 saturated carbocycles. The molecule has 0 amide bonds. The molecule has 0 unspecified atom stereocenters. The average Bonchev–Trinajstić information content (AvgIpc) is 2.52. The highest BCUT2D eigenvalue weighted by molar-refractivity contribution is 6.08. The zero-order valence-electron chi connectivity index (χ0n) is 12.0. The van der Waals surface area contributed by atoms with E-state index in [0.717, 1.165) is 0 Å². The fourth-order valence-corrected chi connectivity index (χ4v) is 1.80. The Bertz CT molecular complexity index is 732. The molecule has 0 aliphatic heterocycles. The van der Waals surface area contributed by atoms with E-state index in [0.29, 0.717) is 22.8 Å². The number of carbonyl (C=O) groups is 2. The minimum Gasteiger partial charge on any atom is -0.502 e. The van der Waals surface area contributed by atoms with E-state index >= 15 is 0 Å². The van der Waals surface area contributed by atoms with Crippen molar-refractivity contribution in [2.75, 3.05) is 0 Å². The van der Waals surface area contributed by atoms with Gasteiger partial charge in [-0.05, 0) is 46.8 Å². The Kier molecular flexibility index (Phi) is 6.17. The summed E-state index contributed by atoms with van der Waals surface area (Å²) in [6.07, 6.45) is 0.571. The zero-order chi connectivity index (χ0) is 17.4. The Labute approximate surface area is 129 Å². The first-order chi connectivity index (χ1) is 10.9. The highest BCUT2D eigenvalue weighted by Gasteiger charge is 2.13. The number of carboxylic acid groups (broad SMARTS) is 1. The molecule has 23 heavy (non-hydrogen) atoms. The van der Waals surface area contributed by atoms with Gasteiger partial charge in [0.05, 0.1) is 13.1 Å². The number of azide groups is 2. The summed E-state index contributed by atoms with van der Waals surface area (Å²) in [6.45, 7) is 1.66. The molecule has 0 bridgehead atoms. The molecular formula is C13H12N6O4. The van der Waals surface area contributed by atoms with Gasteiger partial charge in [0.25, 0.3) is 0 Å². The van der Waals surface area contributed by atoms with Gasteiger partial charge in [0.15, 0.2) is 5.78 Å². The molecule has 1 aromatic carbocycles. The van der Waals surface area contributed by atoms with Crippen molar-refractivity contribution >= 4 is 11.8 Å². The summed E-state index contributed by atoms with van der Waals surface area (Å²) in [5.41, 5.74) is 18.6. The predicted octanol–water partition coefficient (Wildman–Crippen LogP) is 3.32. The molecule has 10 heteroatoms. The van der Waals surface area contributed by atoms with Crippen LogP contribution in [0.5, 0.6) is 0 Å². The molecule has 118 valence electrons. The molecule has 0 heterocycles. The normalized spacial score (nSPS) is 10.4. The third kappa shape index (κ3) is 4.78. The van der Waals surface area contributed by atoms with Crippen LogP contribution in [0.25, 0.3) is 20.9 Å². The maximum Gasteiger partial charge on any atom is 0.371 e. The number of aliphatic carboxylic acids is 1. The number of aliphatic hydroxyl groups is 1. The number of carbonyl (C=O) groups excluding carboxylic acids is 1. The number of rotatable bonds is 7. The van der Waals surface area contributed by atoms with Crippen LogP contribution in [-0.2, 0) is 17.9 Å². The van der Waals surface area contributed by atoms with Crippen LogP contribution in [-0.4, -0.2) is 22.0 Å². The van der Waals surface area contributed by atoms with E-state index in [4.69, 9.17) is 21.3 Å². The highest BCUT2D eigenvalue weighted by atomic mass is 16.4. The first-order valence-electron chi connectivity index (χ1n) is 6.23. The molecule has 0 spiro atoms. The monoisotopic (exact) mass is 316 g/mol. The third-order valence-electron chi connectivity index (χ3n) is 3.00. The smallest absolute Gasteiger partial charge is 0.371 e. The Morgan fingerprint density at radius 1 is 1.13 bits per heavy atom. The Morgan fingerprint density at radius 2 is 1.61 bits per heavy atom. The van der Waals surface area contributed by atoms with Crippen LogP contribution >= 0.6 is 0 Å². The molecule has 0 aliphatic carbocycles. The van der Waals surface area contributed by atoms with Crippen molar-refractivity contribution in [3.05, 3.63) is 67.1 Å². The minimum absolute atomic E-state index is 0.0264. The summed E-state index contributed by atoms with van der Waals surface area (Å²) >= 11 is 0. The lowest BCUT2D eigenvalue weighted by atomic mass is 9.96. The van der Waals surface area contributed by atoms with E-state index in [1.165, 1.54) is 12.1 Å².